The minimum absolute atomic E-state index is 0.649. The maximum Gasteiger partial charge on any atom is 0.0931 e. The van der Waals surface area contributed by atoms with Gasteiger partial charge in [-0.1, -0.05) is 24.9 Å². The van der Waals surface area contributed by atoms with Gasteiger partial charge >= 0.3 is 0 Å². The lowest BCUT2D eigenvalue weighted by molar-refractivity contribution is 0.256. The Morgan fingerprint density at radius 1 is 1.47 bits per heavy atom. The lowest BCUT2D eigenvalue weighted by atomic mass is 9.74. The SMILES string of the molecule is CC1CCC(CN)C(c2ccc(Cl)s2)C1. The Balaban J connectivity index is 2.16. The van der Waals surface area contributed by atoms with Crippen LogP contribution in [0, 0.1) is 11.8 Å². The molecular formula is C12H18ClNS. The highest BCUT2D eigenvalue weighted by Gasteiger charge is 2.29. The zero-order valence-corrected chi connectivity index (χ0v) is 10.7. The van der Waals surface area contributed by atoms with Crippen molar-refractivity contribution in [3.05, 3.63) is 21.3 Å². The molecule has 1 aromatic rings. The van der Waals surface area contributed by atoms with Crippen LogP contribution in [0.25, 0.3) is 0 Å². The lowest BCUT2D eigenvalue weighted by Gasteiger charge is -2.33. The number of thiophene rings is 1. The van der Waals surface area contributed by atoms with E-state index in [9.17, 15) is 0 Å². The van der Waals surface area contributed by atoms with Crippen LogP contribution in [0.1, 0.15) is 37.0 Å². The van der Waals surface area contributed by atoms with Crippen LogP contribution in [-0.4, -0.2) is 6.54 Å². The summed E-state index contributed by atoms with van der Waals surface area (Å²) in [5.74, 6) is 2.14. The summed E-state index contributed by atoms with van der Waals surface area (Å²) >= 11 is 7.72. The van der Waals surface area contributed by atoms with E-state index in [1.807, 2.05) is 6.07 Å². The average Bonchev–Trinajstić information content (AvgIpc) is 2.65. The highest BCUT2D eigenvalue weighted by molar-refractivity contribution is 7.16. The lowest BCUT2D eigenvalue weighted by Crippen LogP contribution is -2.27. The molecule has 1 nitrogen and oxygen atoms in total. The van der Waals surface area contributed by atoms with E-state index >= 15 is 0 Å². The van der Waals surface area contributed by atoms with Crippen molar-refractivity contribution in [2.75, 3.05) is 6.54 Å². The van der Waals surface area contributed by atoms with Crippen molar-refractivity contribution in [2.24, 2.45) is 17.6 Å². The highest BCUT2D eigenvalue weighted by atomic mass is 35.5. The Morgan fingerprint density at radius 3 is 2.87 bits per heavy atom. The van der Waals surface area contributed by atoms with Crippen LogP contribution in [-0.2, 0) is 0 Å². The molecule has 1 fully saturated rings. The molecule has 84 valence electrons. The predicted molar refractivity (Wildman–Crippen MR) is 67.6 cm³/mol. The van der Waals surface area contributed by atoms with Crippen molar-refractivity contribution in [1.29, 1.82) is 0 Å². The number of nitrogens with two attached hydrogens (primary N) is 1. The highest BCUT2D eigenvalue weighted by Crippen LogP contribution is 2.43. The van der Waals surface area contributed by atoms with Crippen LogP contribution in [0.15, 0.2) is 12.1 Å². The number of hydrogen-bond acceptors (Lipinski definition) is 2. The summed E-state index contributed by atoms with van der Waals surface area (Å²) < 4.78 is 0.902. The van der Waals surface area contributed by atoms with Gasteiger partial charge in [0.05, 0.1) is 4.34 Å². The topological polar surface area (TPSA) is 26.0 Å². The summed E-state index contributed by atoms with van der Waals surface area (Å²) in [6.07, 6.45) is 3.88. The van der Waals surface area contributed by atoms with E-state index in [1.165, 1.54) is 24.1 Å². The van der Waals surface area contributed by atoms with Crippen molar-refractivity contribution in [2.45, 2.75) is 32.1 Å². The molecule has 0 radical (unpaired) electrons. The first-order valence-electron chi connectivity index (χ1n) is 5.66. The van der Waals surface area contributed by atoms with Gasteiger partial charge in [-0.05, 0) is 49.3 Å². The number of hydrogen-bond donors (Lipinski definition) is 1. The molecule has 2 N–H and O–H groups in total. The van der Waals surface area contributed by atoms with Gasteiger partial charge in [0, 0.05) is 4.88 Å². The molecule has 1 aromatic heterocycles. The first-order valence-corrected chi connectivity index (χ1v) is 6.85. The molecule has 1 saturated carbocycles. The molecule has 0 bridgehead atoms. The smallest absolute Gasteiger partial charge is 0.0931 e. The van der Waals surface area contributed by atoms with E-state index in [-0.39, 0.29) is 0 Å². The summed E-state index contributed by atoms with van der Waals surface area (Å²) in [5.41, 5.74) is 5.85. The predicted octanol–water partition coefficient (Wildman–Crippen LogP) is 3.88. The first-order chi connectivity index (χ1) is 7.20. The minimum atomic E-state index is 0.649. The largest absolute Gasteiger partial charge is 0.330 e. The maximum atomic E-state index is 5.99. The molecule has 0 aromatic carbocycles. The molecule has 0 amide bonds. The van der Waals surface area contributed by atoms with E-state index in [1.54, 1.807) is 11.3 Å². The normalized spacial score (nSPS) is 31.8. The third kappa shape index (κ3) is 2.55. The summed E-state index contributed by atoms with van der Waals surface area (Å²) in [5, 5.41) is 0. The second kappa shape index (κ2) is 4.86. The fourth-order valence-electron chi connectivity index (χ4n) is 2.60. The Kier molecular flexibility index (Phi) is 3.70. The second-order valence-corrected chi connectivity index (χ2v) is 6.41. The molecule has 1 aliphatic rings. The van der Waals surface area contributed by atoms with Gasteiger partial charge in [0.2, 0.25) is 0 Å². The van der Waals surface area contributed by atoms with Crippen LogP contribution in [0.3, 0.4) is 0 Å². The third-order valence-electron chi connectivity index (χ3n) is 3.52. The van der Waals surface area contributed by atoms with E-state index in [2.05, 4.69) is 13.0 Å². The standard InChI is InChI=1S/C12H18ClNS/c1-8-2-3-9(7-14)10(6-8)11-4-5-12(13)15-11/h4-5,8-10H,2-3,6-7,14H2,1H3. The fourth-order valence-corrected chi connectivity index (χ4v) is 3.87. The fraction of sp³-hybridized carbons (Fsp3) is 0.667. The summed E-state index contributed by atoms with van der Waals surface area (Å²) in [7, 11) is 0. The van der Waals surface area contributed by atoms with E-state index in [0.717, 1.165) is 16.8 Å². The van der Waals surface area contributed by atoms with Crippen LogP contribution in [0.5, 0.6) is 0 Å². The molecule has 3 unspecified atom stereocenters. The Bertz CT molecular complexity index is 323. The van der Waals surface area contributed by atoms with Crippen LogP contribution in [0.2, 0.25) is 4.34 Å². The maximum absolute atomic E-state index is 5.99. The molecule has 15 heavy (non-hydrogen) atoms. The van der Waals surface area contributed by atoms with E-state index in [0.29, 0.717) is 11.8 Å². The molecule has 0 saturated heterocycles. The molecule has 0 spiro atoms. The first kappa shape index (κ1) is 11.4. The zero-order chi connectivity index (χ0) is 10.8. The molecule has 1 heterocycles. The van der Waals surface area contributed by atoms with E-state index in [4.69, 9.17) is 17.3 Å². The summed E-state index contributed by atoms with van der Waals surface area (Å²) in [6.45, 7) is 3.15. The van der Waals surface area contributed by atoms with Crippen molar-refractivity contribution >= 4 is 22.9 Å². The van der Waals surface area contributed by atoms with Gasteiger partial charge in [-0.15, -0.1) is 11.3 Å². The van der Waals surface area contributed by atoms with Gasteiger partial charge in [0.1, 0.15) is 0 Å². The molecule has 0 aliphatic heterocycles. The Morgan fingerprint density at radius 2 is 2.27 bits per heavy atom. The number of halogens is 1. The summed E-state index contributed by atoms with van der Waals surface area (Å²) in [6, 6.07) is 4.19. The third-order valence-corrected chi connectivity index (χ3v) is 4.88. The van der Waals surface area contributed by atoms with Gasteiger partial charge in [-0.3, -0.25) is 0 Å². The van der Waals surface area contributed by atoms with Crippen molar-refractivity contribution in [1.82, 2.24) is 0 Å². The van der Waals surface area contributed by atoms with Crippen molar-refractivity contribution < 1.29 is 0 Å². The molecule has 3 heteroatoms. The zero-order valence-electron chi connectivity index (χ0n) is 9.08. The average molecular weight is 244 g/mol. The van der Waals surface area contributed by atoms with Gasteiger partial charge in [-0.2, -0.15) is 0 Å². The minimum Gasteiger partial charge on any atom is -0.330 e. The Labute approximate surface area is 101 Å². The van der Waals surface area contributed by atoms with Crippen LogP contribution in [0.4, 0.5) is 0 Å². The Hall–Kier alpha value is -0.0500. The second-order valence-electron chi connectivity index (χ2n) is 4.66. The molecule has 3 atom stereocenters. The van der Waals surface area contributed by atoms with Gasteiger partial charge < -0.3 is 5.73 Å². The quantitative estimate of drug-likeness (QED) is 0.838. The monoisotopic (exact) mass is 243 g/mol. The van der Waals surface area contributed by atoms with Gasteiger partial charge in [0.15, 0.2) is 0 Å². The molecule has 2 rings (SSSR count). The number of rotatable bonds is 2. The summed E-state index contributed by atoms with van der Waals surface area (Å²) in [4.78, 5) is 1.43. The van der Waals surface area contributed by atoms with Crippen molar-refractivity contribution in [3.63, 3.8) is 0 Å². The molecule has 1 aliphatic carbocycles. The molecular weight excluding hydrogens is 226 g/mol. The van der Waals surface area contributed by atoms with Crippen molar-refractivity contribution in [3.8, 4) is 0 Å². The van der Waals surface area contributed by atoms with Crippen LogP contribution >= 0.6 is 22.9 Å². The van der Waals surface area contributed by atoms with E-state index < -0.39 is 0 Å². The van der Waals surface area contributed by atoms with Gasteiger partial charge in [-0.25, -0.2) is 0 Å². The van der Waals surface area contributed by atoms with Gasteiger partial charge in [0.25, 0.3) is 0 Å². The van der Waals surface area contributed by atoms with Crippen LogP contribution < -0.4 is 5.73 Å².